The molecule has 3 rings (SSSR count). The van der Waals surface area contributed by atoms with Gasteiger partial charge in [0.25, 0.3) is 11.5 Å². The van der Waals surface area contributed by atoms with Gasteiger partial charge in [0.1, 0.15) is 17.9 Å². The highest BCUT2D eigenvalue weighted by molar-refractivity contribution is 6.03. The molecule has 0 fully saturated rings. The average molecular weight is 368 g/mol. The van der Waals surface area contributed by atoms with Crippen LogP contribution < -0.4 is 10.9 Å². The molecule has 0 spiro atoms. The number of fused-ring (bicyclic) bond motifs is 1. The number of carboxylic acid groups (broad SMARTS) is 1. The summed E-state index contributed by atoms with van der Waals surface area (Å²) in [5.74, 6) is -2.74. The molecule has 2 aromatic heterocycles. The summed E-state index contributed by atoms with van der Waals surface area (Å²) in [4.78, 5) is 35.3. The molecular formula is C18H16N4O5. The summed E-state index contributed by atoms with van der Waals surface area (Å²) in [6.07, 6.45) is 0. The van der Waals surface area contributed by atoms with Gasteiger partial charge in [-0.25, -0.2) is 0 Å². The Labute approximate surface area is 152 Å². The number of amides is 1. The highest BCUT2D eigenvalue weighted by Crippen LogP contribution is 2.30. The van der Waals surface area contributed by atoms with Crippen LogP contribution in [0.25, 0.3) is 22.2 Å². The number of hydrogen-bond donors (Lipinski definition) is 3. The molecule has 27 heavy (non-hydrogen) atoms. The summed E-state index contributed by atoms with van der Waals surface area (Å²) in [6, 6.07) is 8.51. The zero-order chi connectivity index (χ0) is 19.7. The maximum atomic E-state index is 12.5. The molecule has 1 aromatic carbocycles. The number of carboxylic acids is 1. The van der Waals surface area contributed by atoms with Crippen LogP contribution in [-0.2, 0) is 11.8 Å². The van der Waals surface area contributed by atoms with Crippen LogP contribution in [0.15, 0.2) is 35.1 Å². The second-order valence-electron chi connectivity index (χ2n) is 5.96. The zero-order valence-electron chi connectivity index (χ0n) is 14.6. The topological polar surface area (TPSA) is 134 Å². The molecule has 0 aliphatic heterocycles. The highest BCUT2D eigenvalue weighted by Gasteiger charge is 2.22. The van der Waals surface area contributed by atoms with Crippen molar-refractivity contribution >= 4 is 22.8 Å². The van der Waals surface area contributed by atoms with Crippen molar-refractivity contribution in [3.63, 3.8) is 0 Å². The van der Waals surface area contributed by atoms with E-state index in [1.807, 2.05) is 0 Å². The monoisotopic (exact) mass is 368 g/mol. The van der Waals surface area contributed by atoms with E-state index in [0.29, 0.717) is 16.8 Å². The Morgan fingerprint density at radius 1 is 1.19 bits per heavy atom. The van der Waals surface area contributed by atoms with Crippen LogP contribution >= 0.6 is 0 Å². The molecule has 0 atom stereocenters. The predicted molar refractivity (Wildman–Crippen MR) is 96.6 cm³/mol. The number of aliphatic carboxylic acids is 1. The molecule has 0 radical (unpaired) electrons. The minimum absolute atomic E-state index is 0.262. The SMILES string of the molecule is Cc1ccc(-c2ccc3c(c2)c(O)c(C(=O)NCC(=O)O)c(=O)n3C)nn1. The zero-order valence-corrected chi connectivity index (χ0v) is 14.6. The fourth-order valence-corrected chi connectivity index (χ4v) is 2.69. The molecule has 0 unspecified atom stereocenters. The van der Waals surface area contributed by atoms with Crippen molar-refractivity contribution in [1.29, 1.82) is 0 Å². The summed E-state index contributed by atoms with van der Waals surface area (Å²) in [6.45, 7) is 1.14. The van der Waals surface area contributed by atoms with Crippen molar-refractivity contribution in [2.75, 3.05) is 6.54 Å². The van der Waals surface area contributed by atoms with Gasteiger partial charge in [0.2, 0.25) is 0 Å². The van der Waals surface area contributed by atoms with Crippen LogP contribution in [0.3, 0.4) is 0 Å². The van der Waals surface area contributed by atoms with Gasteiger partial charge in [0.05, 0.1) is 16.9 Å². The number of hydrogen-bond acceptors (Lipinski definition) is 6. The van der Waals surface area contributed by atoms with Crippen molar-refractivity contribution in [2.45, 2.75) is 6.92 Å². The quantitative estimate of drug-likeness (QED) is 0.621. The maximum absolute atomic E-state index is 12.5. The number of benzene rings is 1. The first-order valence-electron chi connectivity index (χ1n) is 7.96. The third kappa shape index (κ3) is 3.34. The second-order valence-corrected chi connectivity index (χ2v) is 5.96. The first-order chi connectivity index (χ1) is 12.8. The number of pyridine rings is 1. The lowest BCUT2D eigenvalue weighted by Gasteiger charge is -2.12. The molecule has 9 nitrogen and oxygen atoms in total. The van der Waals surface area contributed by atoms with Crippen LogP contribution in [0.4, 0.5) is 0 Å². The summed E-state index contributed by atoms with van der Waals surface area (Å²) in [5.41, 5.74) is 1.12. The van der Waals surface area contributed by atoms with E-state index in [4.69, 9.17) is 5.11 Å². The molecule has 3 N–H and O–H groups in total. The van der Waals surface area contributed by atoms with Gasteiger partial charge >= 0.3 is 5.97 Å². The lowest BCUT2D eigenvalue weighted by molar-refractivity contribution is -0.135. The van der Waals surface area contributed by atoms with E-state index in [1.165, 1.54) is 11.6 Å². The standard InChI is InChI=1S/C18H16N4O5/c1-9-3-5-12(21-20-9)10-4-6-13-11(7-10)16(25)15(18(27)22(13)2)17(26)19-8-14(23)24/h3-7,25H,8H2,1-2H3,(H,19,26)(H,23,24). The Morgan fingerprint density at radius 3 is 2.56 bits per heavy atom. The first kappa shape index (κ1) is 18.1. The number of aryl methyl sites for hydroxylation is 2. The van der Waals surface area contributed by atoms with E-state index in [2.05, 4.69) is 15.5 Å². The van der Waals surface area contributed by atoms with Gasteiger partial charge < -0.3 is 20.1 Å². The molecule has 0 bridgehead atoms. The number of nitrogens with zero attached hydrogens (tertiary/aromatic N) is 3. The van der Waals surface area contributed by atoms with Crippen LogP contribution in [0, 0.1) is 6.92 Å². The van der Waals surface area contributed by atoms with Crippen LogP contribution in [0.1, 0.15) is 16.1 Å². The second kappa shape index (κ2) is 6.87. The molecule has 3 aromatic rings. The molecule has 138 valence electrons. The summed E-state index contributed by atoms with van der Waals surface area (Å²) < 4.78 is 1.22. The number of rotatable bonds is 4. The van der Waals surface area contributed by atoms with E-state index in [9.17, 15) is 19.5 Å². The maximum Gasteiger partial charge on any atom is 0.322 e. The molecule has 1 amide bonds. The van der Waals surface area contributed by atoms with Crippen LogP contribution in [0.2, 0.25) is 0 Å². The van der Waals surface area contributed by atoms with Crippen molar-refractivity contribution in [3.05, 3.63) is 51.9 Å². The average Bonchev–Trinajstić information content (AvgIpc) is 2.65. The van der Waals surface area contributed by atoms with Gasteiger partial charge in [-0.1, -0.05) is 6.07 Å². The normalized spacial score (nSPS) is 10.7. The van der Waals surface area contributed by atoms with Crippen molar-refractivity contribution < 1.29 is 19.8 Å². The fraction of sp³-hybridized carbons (Fsp3) is 0.167. The van der Waals surface area contributed by atoms with Gasteiger partial charge in [-0.3, -0.25) is 14.4 Å². The molecule has 2 heterocycles. The van der Waals surface area contributed by atoms with E-state index in [1.54, 1.807) is 37.3 Å². The lowest BCUT2D eigenvalue weighted by atomic mass is 10.0. The fourth-order valence-electron chi connectivity index (χ4n) is 2.69. The van der Waals surface area contributed by atoms with E-state index >= 15 is 0 Å². The van der Waals surface area contributed by atoms with Gasteiger partial charge in [0.15, 0.2) is 0 Å². The summed E-state index contributed by atoms with van der Waals surface area (Å²) >= 11 is 0. The third-order valence-corrected chi connectivity index (χ3v) is 4.09. The molecule has 9 heteroatoms. The van der Waals surface area contributed by atoms with Gasteiger partial charge in [-0.15, -0.1) is 0 Å². The van der Waals surface area contributed by atoms with Gasteiger partial charge in [-0.05, 0) is 31.2 Å². The van der Waals surface area contributed by atoms with E-state index in [0.717, 1.165) is 5.69 Å². The van der Waals surface area contributed by atoms with Gasteiger partial charge in [0, 0.05) is 18.0 Å². The Bertz CT molecular complexity index is 1120. The smallest absolute Gasteiger partial charge is 0.322 e. The van der Waals surface area contributed by atoms with Gasteiger partial charge in [-0.2, -0.15) is 10.2 Å². The van der Waals surface area contributed by atoms with Crippen molar-refractivity contribution in [3.8, 4) is 17.0 Å². The number of nitrogens with one attached hydrogen (secondary N) is 1. The number of carbonyl (C=O) groups is 2. The molecule has 0 saturated heterocycles. The Kier molecular flexibility index (Phi) is 4.59. The summed E-state index contributed by atoms with van der Waals surface area (Å²) in [7, 11) is 1.46. The Balaban J connectivity index is 2.18. The molecular weight excluding hydrogens is 352 g/mol. The number of aromatic nitrogens is 3. The van der Waals surface area contributed by atoms with Crippen LogP contribution in [0.5, 0.6) is 5.75 Å². The third-order valence-electron chi connectivity index (χ3n) is 4.09. The summed E-state index contributed by atoms with van der Waals surface area (Å²) in [5, 5.41) is 29.7. The largest absolute Gasteiger partial charge is 0.506 e. The van der Waals surface area contributed by atoms with E-state index in [-0.39, 0.29) is 5.39 Å². The minimum atomic E-state index is -1.26. The van der Waals surface area contributed by atoms with Crippen molar-refractivity contribution in [2.24, 2.45) is 7.05 Å². The first-order valence-corrected chi connectivity index (χ1v) is 7.96. The van der Waals surface area contributed by atoms with Crippen LogP contribution in [-0.4, -0.2) is 43.4 Å². The number of aromatic hydroxyl groups is 1. The minimum Gasteiger partial charge on any atom is -0.506 e. The lowest BCUT2D eigenvalue weighted by Crippen LogP contribution is -2.35. The predicted octanol–water partition coefficient (Wildman–Crippen LogP) is 0.824. The highest BCUT2D eigenvalue weighted by atomic mass is 16.4. The molecule has 0 saturated carbocycles. The molecule has 0 aliphatic carbocycles. The Morgan fingerprint density at radius 2 is 1.93 bits per heavy atom. The number of carbonyl (C=O) groups excluding carboxylic acids is 1. The molecule has 0 aliphatic rings. The van der Waals surface area contributed by atoms with E-state index < -0.39 is 35.3 Å². The van der Waals surface area contributed by atoms with Crippen molar-refractivity contribution in [1.82, 2.24) is 20.1 Å². The Hall–Kier alpha value is -3.75.